The first-order valence-electron chi connectivity index (χ1n) is 8.68. The number of anilines is 2. The average molecular weight is 548 g/mol. The minimum absolute atomic E-state index is 0.0606. The number of pyridine rings is 1. The van der Waals surface area contributed by atoms with Crippen LogP contribution in [0, 0.1) is 13.8 Å². The number of benzene rings is 2. The third kappa shape index (κ3) is 5.12. The number of phenolic OH excluding ortho intramolecular Hbond substituents is 1. The Morgan fingerprint density at radius 3 is 2.48 bits per heavy atom. The van der Waals surface area contributed by atoms with Crippen molar-refractivity contribution in [1.29, 1.82) is 0 Å². The Labute approximate surface area is 193 Å². The Morgan fingerprint density at radius 1 is 1.10 bits per heavy atom. The van der Waals surface area contributed by atoms with Crippen LogP contribution in [0.5, 0.6) is 5.75 Å². The minimum atomic E-state index is -4.31. The first kappa shape index (κ1) is 23.3. The minimum Gasteiger partial charge on any atom is -0.507 e. The van der Waals surface area contributed by atoms with Crippen molar-refractivity contribution in [2.75, 3.05) is 9.44 Å². The molecular weight excluding hydrogens is 530 g/mol. The van der Waals surface area contributed by atoms with Crippen LogP contribution in [-0.2, 0) is 20.0 Å². The van der Waals surface area contributed by atoms with Gasteiger partial charge in [0.1, 0.15) is 21.4 Å². The first-order valence-corrected chi connectivity index (χ1v) is 12.8. The maximum absolute atomic E-state index is 12.9. The topological polar surface area (TPSA) is 130 Å². The van der Waals surface area contributed by atoms with Crippen molar-refractivity contribution in [3.05, 3.63) is 69.3 Å². The van der Waals surface area contributed by atoms with E-state index < -0.39 is 30.7 Å². The van der Waals surface area contributed by atoms with Gasteiger partial charge in [-0.15, -0.1) is 0 Å². The van der Waals surface area contributed by atoms with Gasteiger partial charge in [0.15, 0.2) is 0 Å². The summed E-state index contributed by atoms with van der Waals surface area (Å²) in [4.78, 5) is 3.20. The molecule has 8 nitrogen and oxygen atoms in total. The van der Waals surface area contributed by atoms with Crippen molar-refractivity contribution in [1.82, 2.24) is 4.98 Å². The lowest BCUT2D eigenvalue weighted by molar-refractivity contribution is 0.458. The monoisotopic (exact) mass is 546 g/mol. The van der Waals surface area contributed by atoms with Gasteiger partial charge in [0, 0.05) is 15.7 Å². The van der Waals surface area contributed by atoms with Crippen molar-refractivity contribution >= 4 is 59.1 Å². The van der Waals surface area contributed by atoms with Crippen LogP contribution in [0.4, 0.5) is 11.5 Å². The molecule has 0 bridgehead atoms. The Bertz CT molecular complexity index is 1380. The lowest BCUT2D eigenvalue weighted by atomic mass is 10.2. The van der Waals surface area contributed by atoms with Gasteiger partial charge in [0.05, 0.1) is 5.69 Å². The van der Waals surface area contributed by atoms with Crippen LogP contribution in [0.25, 0.3) is 0 Å². The second-order valence-corrected chi connectivity index (χ2v) is 11.3. The summed E-state index contributed by atoms with van der Waals surface area (Å²) in [5, 5.41) is 10.5. The van der Waals surface area contributed by atoms with Crippen LogP contribution >= 0.6 is 27.5 Å². The van der Waals surface area contributed by atoms with Crippen LogP contribution < -0.4 is 9.44 Å². The number of sulfonamides is 1. The summed E-state index contributed by atoms with van der Waals surface area (Å²) in [6.07, 6.45) is 1.42. The molecule has 164 valence electrons. The quantitative estimate of drug-likeness (QED) is 0.389. The fourth-order valence-corrected chi connectivity index (χ4v) is 5.70. The van der Waals surface area contributed by atoms with E-state index in [2.05, 4.69) is 30.4 Å². The molecule has 31 heavy (non-hydrogen) atoms. The van der Waals surface area contributed by atoms with Crippen molar-refractivity contribution in [3.63, 3.8) is 0 Å². The van der Waals surface area contributed by atoms with E-state index in [9.17, 15) is 21.9 Å². The van der Waals surface area contributed by atoms with Crippen LogP contribution in [0.3, 0.4) is 0 Å². The zero-order valence-corrected chi connectivity index (χ0v) is 20.2. The highest BCUT2D eigenvalue weighted by molar-refractivity contribution is 9.10. The molecule has 1 unspecified atom stereocenters. The Morgan fingerprint density at radius 2 is 1.81 bits per heavy atom. The molecule has 3 aromatic rings. The second kappa shape index (κ2) is 8.65. The number of hydrogen-bond donors (Lipinski definition) is 3. The number of aryl methyl sites for hydroxylation is 1. The predicted molar refractivity (Wildman–Crippen MR) is 124 cm³/mol. The van der Waals surface area contributed by atoms with Gasteiger partial charge in [-0.05, 0) is 77.3 Å². The van der Waals surface area contributed by atoms with Gasteiger partial charge in [0.2, 0.25) is 0 Å². The molecule has 0 aliphatic carbocycles. The van der Waals surface area contributed by atoms with Crippen molar-refractivity contribution < 1.29 is 21.9 Å². The summed E-state index contributed by atoms with van der Waals surface area (Å²) in [5.41, 5.74) is 1.40. The number of phenols is 1. The van der Waals surface area contributed by atoms with Crippen molar-refractivity contribution in [2.45, 2.75) is 23.6 Å². The zero-order chi connectivity index (χ0) is 23.0. The van der Waals surface area contributed by atoms with Crippen LogP contribution in [0.15, 0.2) is 62.9 Å². The summed E-state index contributed by atoms with van der Waals surface area (Å²) in [7, 11) is -8.24. The van der Waals surface area contributed by atoms with Gasteiger partial charge in [-0.25, -0.2) is 22.3 Å². The van der Waals surface area contributed by atoms with E-state index in [1.54, 1.807) is 38.1 Å². The smallest absolute Gasteiger partial charge is 0.396 e. The standard InChI is InChI=1S/C19H17BrClN3O5S2/c1-11-8-13(20)10-22-19(11)24-31(28,29)18-9-14(6-7-17(18)25)30(26,27)23-16-5-3-4-15(21)12(16)2/h3-10,25H,1-2H3,(H,22,24)(H,23,26,27)/p+1. The third-order valence-corrected chi connectivity index (χ3v) is 7.93. The van der Waals surface area contributed by atoms with Crippen LogP contribution in [-0.4, -0.2) is 26.9 Å². The van der Waals surface area contributed by atoms with E-state index in [1.807, 2.05) is 0 Å². The fourth-order valence-electron chi connectivity index (χ4n) is 2.64. The molecular formula is C19H18BrClN3O5S2+. The first-order chi connectivity index (χ1) is 14.4. The van der Waals surface area contributed by atoms with Crippen molar-refractivity contribution in [3.8, 4) is 5.75 Å². The molecule has 0 fully saturated rings. The second-order valence-electron chi connectivity index (χ2n) is 6.59. The number of nitrogens with one attached hydrogen (secondary N) is 2. The predicted octanol–water partition coefficient (Wildman–Crippen LogP) is 4.58. The normalized spacial score (nSPS) is 13.4. The highest BCUT2D eigenvalue weighted by Crippen LogP contribution is 2.30. The molecule has 1 atom stereocenters. The fraction of sp³-hybridized carbons (Fsp3) is 0.105. The van der Waals surface area contributed by atoms with E-state index in [1.165, 1.54) is 6.20 Å². The summed E-state index contributed by atoms with van der Waals surface area (Å²) in [5.74, 6) is -0.523. The molecule has 1 aromatic heterocycles. The van der Waals surface area contributed by atoms with Gasteiger partial charge in [0.25, 0.3) is 10.0 Å². The number of rotatable bonds is 6. The highest BCUT2D eigenvalue weighted by Gasteiger charge is 2.27. The van der Waals surface area contributed by atoms with Gasteiger partial charge in [-0.3, -0.25) is 4.72 Å². The number of halogens is 2. The molecule has 0 saturated carbocycles. The molecule has 0 aliphatic heterocycles. The summed E-state index contributed by atoms with van der Waals surface area (Å²) >= 11 is 9.30. The molecule has 0 spiro atoms. The number of nitrogens with zero attached hydrogens (tertiary/aromatic N) is 1. The Balaban J connectivity index is 1.99. The summed E-state index contributed by atoms with van der Waals surface area (Å²) < 4.78 is 54.7. The van der Waals surface area contributed by atoms with Gasteiger partial charge < -0.3 is 5.11 Å². The molecule has 0 saturated heterocycles. The van der Waals surface area contributed by atoms with E-state index in [0.29, 0.717) is 26.3 Å². The molecule has 0 amide bonds. The lowest BCUT2D eigenvalue weighted by Crippen LogP contribution is -2.17. The number of aromatic nitrogens is 1. The largest absolute Gasteiger partial charge is 0.507 e. The maximum atomic E-state index is 12.9. The molecule has 0 radical (unpaired) electrons. The van der Waals surface area contributed by atoms with E-state index >= 15 is 0 Å². The van der Waals surface area contributed by atoms with E-state index in [4.69, 9.17) is 11.6 Å². The molecule has 2 aromatic carbocycles. The van der Waals surface area contributed by atoms with Crippen LogP contribution in [0.2, 0.25) is 5.02 Å². The lowest BCUT2D eigenvalue weighted by Gasteiger charge is -2.12. The molecule has 0 aliphatic rings. The summed E-state index contributed by atoms with van der Waals surface area (Å²) in [6.45, 7) is 3.33. The van der Waals surface area contributed by atoms with Gasteiger partial charge in [-0.2, -0.15) is 4.21 Å². The molecule has 4 N–H and O–H groups in total. The SMILES string of the molecule is Cc1cc(Br)cnc1NS(=O)(=O)c1cc(S(=O)(=[OH+])Nc2cccc(Cl)c2C)ccc1O. The Hall–Kier alpha value is -2.34. The molecule has 3 rings (SSSR count). The molecule has 1 heterocycles. The Kier molecular flexibility index (Phi) is 6.51. The van der Waals surface area contributed by atoms with E-state index in [-0.39, 0.29) is 10.7 Å². The zero-order valence-electron chi connectivity index (χ0n) is 16.3. The average Bonchev–Trinajstić information content (AvgIpc) is 2.67. The van der Waals surface area contributed by atoms with E-state index in [0.717, 1.165) is 18.2 Å². The maximum Gasteiger partial charge on any atom is 0.396 e. The van der Waals surface area contributed by atoms with Gasteiger partial charge in [-0.1, -0.05) is 17.7 Å². The summed E-state index contributed by atoms with van der Waals surface area (Å²) in [6, 6.07) is 9.60. The highest BCUT2D eigenvalue weighted by atomic mass is 79.9. The van der Waals surface area contributed by atoms with Gasteiger partial charge >= 0.3 is 10.0 Å². The van der Waals surface area contributed by atoms with Crippen LogP contribution in [0.1, 0.15) is 11.1 Å². The molecule has 12 heteroatoms. The number of hydrogen-bond acceptors (Lipinski definition) is 5. The van der Waals surface area contributed by atoms with Crippen molar-refractivity contribution in [2.24, 2.45) is 0 Å². The third-order valence-electron chi connectivity index (χ3n) is 4.33. The number of aromatic hydroxyl groups is 1.